The van der Waals surface area contributed by atoms with Crippen molar-refractivity contribution >= 4 is 10.2 Å². The van der Waals surface area contributed by atoms with Gasteiger partial charge in [0.05, 0.1) is 12.1 Å². The minimum atomic E-state index is -3.44. The quantitative estimate of drug-likeness (QED) is 0.753. The van der Waals surface area contributed by atoms with E-state index >= 15 is 0 Å². The molecule has 0 aromatic rings. The van der Waals surface area contributed by atoms with Crippen molar-refractivity contribution in [1.29, 1.82) is 0 Å². The van der Waals surface area contributed by atoms with Gasteiger partial charge >= 0.3 is 0 Å². The largest absolute Gasteiger partial charge is 0.379 e. The van der Waals surface area contributed by atoms with Crippen molar-refractivity contribution in [2.24, 2.45) is 0 Å². The summed E-state index contributed by atoms with van der Waals surface area (Å²) in [5, 5.41) is 3.47. The van der Waals surface area contributed by atoms with Crippen LogP contribution in [0.4, 0.5) is 0 Å². The average molecular weight is 317 g/mol. The van der Waals surface area contributed by atoms with Crippen LogP contribution in [-0.2, 0) is 14.9 Å². The normalized spacial score (nSPS) is 35.2. The van der Waals surface area contributed by atoms with Gasteiger partial charge in [-0.2, -0.15) is 17.4 Å². The Kier molecular flexibility index (Phi) is 4.57. The van der Waals surface area contributed by atoms with E-state index in [9.17, 15) is 8.42 Å². The first kappa shape index (κ1) is 15.7. The van der Waals surface area contributed by atoms with Crippen LogP contribution in [0, 0.1) is 0 Å². The molecular formula is C14H27N3O3S. The summed E-state index contributed by atoms with van der Waals surface area (Å²) < 4.78 is 35.4. The standard InChI is InChI=1S/C14H27N3O3S/c1-14(7-9-20-11-14)16-21(18,19)17-8-3-2-4-13(17)10-15-12-5-6-12/h12-13,15-16H,2-11H2,1H3. The number of nitrogens with zero attached hydrogens (tertiary/aromatic N) is 1. The molecule has 2 saturated heterocycles. The van der Waals surface area contributed by atoms with Crippen molar-refractivity contribution in [3.63, 3.8) is 0 Å². The van der Waals surface area contributed by atoms with E-state index in [1.165, 1.54) is 12.8 Å². The number of hydrogen-bond donors (Lipinski definition) is 2. The number of hydrogen-bond acceptors (Lipinski definition) is 4. The van der Waals surface area contributed by atoms with E-state index in [0.717, 1.165) is 32.2 Å². The molecule has 2 unspecified atom stereocenters. The zero-order valence-corrected chi connectivity index (χ0v) is 13.6. The Morgan fingerprint density at radius 2 is 2.10 bits per heavy atom. The van der Waals surface area contributed by atoms with E-state index in [1.807, 2.05) is 6.92 Å². The van der Waals surface area contributed by atoms with Gasteiger partial charge in [-0.05, 0) is 39.0 Å². The maximum absolute atomic E-state index is 12.7. The van der Waals surface area contributed by atoms with Gasteiger partial charge in [0.25, 0.3) is 10.2 Å². The summed E-state index contributed by atoms with van der Waals surface area (Å²) >= 11 is 0. The SMILES string of the molecule is CC1(NS(=O)(=O)N2CCCCC2CNC2CC2)CCOC1. The van der Waals surface area contributed by atoms with Gasteiger partial charge in [0.1, 0.15) is 0 Å². The molecule has 2 aliphatic heterocycles. The summed E-state index contributed by atoms with van der Waals surface area (Å²) in [5.74, 6) is 0. The van der Waals surface area contributed by atoms with E-state index in [4.69, 9.17) is 4.74 Å². The van der Waals surface area contributed by atoms with Crippen molar-refractivity contribution in [2.75, 3.05) is 26.3 Å². The molecule has 1 saturated carbocycles. The Bertz CT molecular complexity index is 458. The van der Waals surface area contributed by atoms with Crippen molar-refractivity contribution in [3.8, 4) is 0 Å². The zero-order valence-electron chi connectivity index (χ0n) is 12.8. The topological polar surface area (TPSA) is 70.7 Å². The first-order valence-electron chi connectivity index (χ1n) is 8.10. The molecule has 2 atom stereocenters. The van der Waals surface area contributed by atoms with Crippen LogP contribution in [0.2, 0.25) is 0 Å². The fourth-order valence-corrected chi connectivity index (χ4v) is 5.05. The second-order valence-electron chi connectivity index (χ2n) is 6.91. The van der Waals surface area contributed by atoms with E-state index in [1.54, 1.807) is 4.31 Å². The molecule has 0 aromatic carbocycles. The molecule has 2 heterocycles. The molecule has 2 N–H and O–H groups in total. The lowest BCUT2D eigenvalue weighted by atomic mass is 10.0. The molecular weight excluding hydrogens is 290 g/mol. The third-order valence-corrected chi connectivity index (χ3v) is 6.54. The highest BCUT2D eigenvalue weighted by molar-refractivity contribution is 7.87. The molecule has 3 rings (SSSR count). The zero-order chi connectivity index (χ0) is 14.9. The van der Waals surface area contributed by atoms with Crippen LogP contribution in [-0.4, -0.2) is 56.6 Å². The Labute approximate surface area is 127 Å². The number of rotatable bonds is 6. The fraction of sp³-hybridized carbons (Fsp3) is 1.00. The van der Waals surface area contributed by atoms with Crippen molar-refractivity contribution < 1.29 is 13.2 Å². The van der Waals surface area contributed by atoms with Gasteiger partial charge in [-0.25, -0.2) is 0 Å². The average Bonchev–Trinajstić information content (AvgIpc) is 3.18. The van der Waals surface area contributed by atoms with E-state index in [-0.39, 0.29) is 6.04 Å². The number of nitrogens with one attached hydrogen (secondary N) is 2. The van der Waals surface area contributed by atoms with Crippen LogP contribution < -0.4 is 10.0 Å². The first-order valence-corrected chi connectivity index (χ1v) is 9.54. The minimum Gasteiger partial charge on any atom is -0.379 e. The number of piperidine rings is 1. The molecule has 0 amide bonds. The summed E-state index contributed by atoms with van der Waals surface area (Å²) in [7, 11) is -3.44. The van der Waals surface area contributed by atoms with Gasteiger partial charge in [0.2, 0.25) is 0 Å². The van der Waals surface area contributed by atoms with Crippen LogP contribution in [0.1, 0.15) is 45.4 Å². The Morgan fingerprint density at radius 3 is 2.76 bits per heavy atom. The molecule has 1 aliphatic carbocycles. The second-order valence-corrected chi connectivity index (χ2v) is 8.54. The fourth-order valence-electron chi connectivity index (χ4n) is 3.20. The van der Waals surface area contributed by atoms with E-state index in [0.29, 0.717) is 25.8 Å². The van der Waals surface area contributed by atoms with Crippen LogP contribution in [0.15, 0.2) is 0 Å². The van der Waals surface area contributed by atoms with E-state index < -0.39 is 15.7 Å². The van der Waals surface area contributed by atoms with Crippen molar-refractivity contribution in [3.05, 3.63) is 0 Å². The van der Waals surface area contributed by atoms with Gasteiger partial charge in [-0.3, -0.25) is 0 Å². The monoisotopic (exact) mass is 317 g/mol. The Hall–Kier alpha value is -0.210. The molecule has 3 fully saturated rings. The third-order valence-electron chi connectivity index (χ3n) is 4.70. The van der Waals surface area contributed by atoms with Crippen LogP contribution in [0.3, 0.4) is 0 Å². The molecule has 0 radical (unpaired) electrons. The molecule has 122 valence electrons. The lowest BCUT2D eigenvalue weighted by molar-refractivity contribution is 0.176. The molecule has 7 heteroatoms. The Morgan fingerprint density at radius 1 is 1.29 bits per heavy atom. The summed E-state index contributed by atoms with van der Waals surface area (Å²) in [5.41, 5.74) is -0.454. The highest BCUT2D eigenvalue weighted by atomic mass is 32.2. The smallest absolute Gasteiger partial charge is 0.280 e. The lowest BCUT2D eigenvalue weighted by Crippen LogP contribution is -2.57. The molecule has 0 spiro atoms. The molecule has 0 aromatic heterocycles. The maximum atomic E-state index is 12.7. The van der Waals surface area contributed by atoms with Crippen molar-refractivity contribution in [2.45, 2.75) is 63.1 Å². The van der Waals surface area contributed by atoms with E-state index in [2.05, 4.69) is 10.0 Å². The molecule has 6 nitrogen and oxygen atoms in total. The summed E-state index contributed by atoms with van der Waals surface area (Å²) in [4.78, 5) is 0. The predicted octanol–water partition coefficient (Wildman–Crippen LogP) is 0.606. The minimum absolute atomic E-state index is 0.0859. The van der Waals surface area contributed by atoms with Gasteiger partial charge in [-0.1, -0.05) is 6.42 Å². The summed E-state index contributed by atoms with van der Waals surface area (Å²) in [6, 6.07) is 0.702. The highest BCUT2D eigenvalue weighted by Crippen LogP contribution is 2.25. The van der Waals surface area contributed by atoms with Gasteiger partial charge < -0.3 is 10.1 Å². The molecule has 21 heavy (non-hydrogen) atoms. The predicted molar refractivity (Wildman–Crippen MR) is 81.3 cm³/mol. The lowest BCUT2D eigenvalue weighted by Gasteiger charge is -2.37. The summed E-state index contributed by atoms with van der Waals surface area (Å²) in [6.45, 7) is 4.43. The first-order chi connectivity index (χ1) is 9.99. The van der Waals surface area contributed by atoms with Gasteiger partial charge in [0.15, 0.2) is 0 Å². The number of ether oxygens (including phenoxy) is 1. The third kappa shape index (κ3) is 3.96. The van der Waals surface area contributed by atoms with Gasteiger partial charge in [-0.15, -0.1) is 0 Å². The van der Waals surface area contributed by atoms with Crippen LogP contribution in [0.5, 0.6) is 0 Å². The van der Waals surface area contributed by atoms with Crippen molar-refractivity contribution in [1.82, 2.24) is 14.3 Å². The van der Waals surface area contributed by atoms with Crippen LogP contribution in [0.25, 0.3) is 0 Å². The maximum Gasteiger partial charge on any atom is 0.280 e. The van der Waals surface area contributed by atoms with Crippen LogP contribution >= 0.6 is 0 Å². The Balaban J connectivity index is 1.65. The van der Waals surface area contributed by atoms with Gasteiger partial charge in [0, 0.05) is 31.8 Å². The summed E-state index contributed by atoms with van der Waals surface area (Å²) in [6.07, 6.45) is 6.22. The second kappa shape index (κ2) is 6.12. The molecule has 0 bridgehead atoms. The highest BCUT2D eigenvalue weighted by Gasteiger charge is 2.39. The molecule has 3 aliphatic rings.